The number of rotatable bonds is 24. The molecule has 4 aromatic rings. The molecule has 0 saturated heterocycles. The van der Waals surface area contributed by atoms with Crippen LogP contribution < -0.4 is 9.47 Å². The Labute approximate surface area is 383 Å². The number of amides is 1. The number of hydrogen-bond acceptors (Lipinski definition) is 11. The highest BCUT2D eigenvalue weighted by molar-refractivity contribution is 6.03. The van der Waals surface area contributed by atoms with E-state index in [1.54, 1.807) is 17.9 Å². The molecule has 0 bridgehead atoms. The predicted octanol–water partition coefficient (Wildman–Crippen LogP) is 9.45. The Bertz CT molecular complexity index is 2180. The van der Waals surface area contributed by atoms with Gasteiger partial charge < -0.3 is 43.8 Å². The summed E-state index contributed by atoms with van der Waals surface area (Å²) < 4.78 is 32.5. The molecule has 0 unspecified atom stereocenters. The summed E-state index contributed by atoms with van der Waals surface area (Å²) in [6.07, 6.45) is 8.16. The van der Waals surface area contributed by atoms with Gasteiger partial charge in [0.1, 0.15) is 29.9 Å². The molecule has 1 fully saturated rings. The van der Waals surface area contributed by atoms with Gasteiger partial charge in [0.25, 0.3) is 0 Å². The molecule has 65 heavy (non-hydrogen) atoms. The molecule has 0 radical (unpaired) electrons. The summed E-state index contributed by atoms with van der Waals surface area (Å²) in [5.41, 5.74) is 5.69. The lowest BCUT2D eigenvalue weighted by molar-refractivity contribution is -0.256. The zero-order chi connectivity index (χ0) is 45.4. The monoisotopic (exact) mass is 888 g/mol. The number of carbonyl (C=O) groups is 1. The Morgan fingerprint density at radius 2 is 1.57 bits per heavy atom. The summed E-state index contributed by atoms with van der Waals surface area (Å²) >= 11 is 0. The molecule has 3 N–H and O–H groups in total. The van der Waals surface area contributed by atoms with E-state index in [0.717, 1.165) is 53.5 Å². The number of unbranched alkanes of at least 4 members (excludes halogenated alkanes) is 2. The Morgan fingerprint density at radius 1 is 0.862 bits per heavy atom. The number of carbonyl (C=O) groups excluding carboxylic acids is 1. The summed E-state index contributed by atoms with van der Waals surface area (Å²) in [7, 11) is 0. The number of benzene rings is 4. The number of allylic oxidation sites excluding steroid dienone is 1. The molecule has 0 spiro atoms. The molecule has 12 heteroatoms. The largest absolute Gasteiger partial charge is 0.459 e. The predicted molar refractivity (Wildman–Crippen MR) is 250 cm³/mol. The average molecular weight is 889 g/mol. The molecule has 4 aromatic carbocycles. The van der Waals surface area contributed by atoms with Crippen LogP contribution in [0.15, 0.2) is 133 Å². The first-order chi connectivity index (χ1) is 31.9. The number of aliphatic hydroxyl groups excluding tert-OH is 3. The van der Waals surface area contributed by atoms with Crippen molar-refractivity contribution < 1.29 is 48.6 Å². The van der Waals surface area contributed by atoms with Crippen LogP contribution in [-0.2, 0) is 25.7 Å². The van der Waals surface area contributed by atoms with Crippen LogP contribution in [0.2, 0.25) is 0 Å². The minimum atomic E-state index is -1.47. The van der Waals surface area contributed by atoms with Gasteiger partial charge in [0.05, 0.1) is 44.7 Å². The van der Waals surface area contributed by atoms with Crippen molar-refractivity contribution in [2.75, 3.05) is 52.8 Å². The quantitative estimate of drug-likeness (QED) is 0.0353. The molecule has 2 aliphatic carbocycles. The molecule has 1 amide bonds. The van der Waals surface area contributed by atoms with Crippen LogP contribution in [0.1, 0.15) is 68.9 Å². The minimum Gasteiger partial charge on any atom is -0.459 e. The van der Waals surface area contributed by atoms with Gasteiger partial charge in [-0.3, -0.25) is 4.90 Å². The van der Waals surface area contributed by atoms with Crippen molar-refractivity contribution in [1.29, 1.82) is 0 Å². The molecular formula is C53H64N2O10. The van der Waals surface area contributed by atoms with E-state index in [1.165, 1.54) is 0 Å². The summed E-state index contributed by atoms with van der Waals surface area (Å²) in [6.45, 7) is 6.66. The van der Waals surface area contributed by atoms with E-state index < -0.39 is 23.8 Å². The maximum Gasteiger partial charge on any atom is 0.410 e. The van der Waals surface area contributed by atoms with Gasteiger partial charge in [-0.1, -0.05) is 103 Å². The third kappa shape index (κ3) is 11.3. The Morgan fingerprint density at radius 3 is 2.28 bits per heavy atom. The van der Waals surface area contributed by atoms with E-state index in [0.29, 0.717) is 35.8 Å². The number of nitrogens with zero attached hydrogens (tertiary/aromatic N) is 2. The second-order valence-corrected chi connectivity index (χ2v) is 16.8. The van der Waals surface area contributed by atoms with Crippen molar-refractivity contribution in [3.63, 3.8) is 0 Å². The summed E-state index contributed by atoms with van der Waals surface area (Å²) in [6, 6.07) is 33.2. The molecule has 7 rings (SSSR count). The van der Waals surface area contributed by atoms with Crippen molar-refractivity contribution in [2.24, 2.45) is 22.9 Å². The van der Waals surface area contributed by atoms with Crippen molar-refractivity contribution in [1.82, 2.24) is 4.90 Å². The van der Waals surface area contributed by atoms with Gasteiger partial charge in [-0.25, -0.2) is 4.79 Å². The zero-order valence-corrected chi connectivity index (χ0v) is 37.5. The summed E-state index contributed by atoms with van der Waals surface area (Å²) in [5, 5.41) is 34.4. The second kappa shape index (κ2) is 23.6. The van der Waals surface area contributed by atoms with E-state index in [2.05, 4.69) is 43.0 Å². The van der Waals surface area contributed by atoms with E-state index in [9.17, 15) is 20.1 Å². The lowest BCUT2D eigenvalue weighted by Gasteiger charge is -2.59. The van der Waals surface area contributed by atoms with Crippen molar-refractivity contribution in [3.05, 3.63) is 139 Å². The standard InChI is InChI=1S/C53H64N2O10/c1-3-31-62-53-49(55(52(59)61-4-2)27-32-60-33-30-58)36-47(54-63-37-38-15-7-5-8-16-38)45-34-41(19-11-13-28-56)44(20-12-14-29-57)50(51(45)53)46-35-43(25-26-48(46)65-53)64-42-23-21-40(22-24-42)39-17-9-6-10-18-39/h3,5-10,15-18,21-26,34-35,41,44,49-51,56-58H,1,4,11-14,19-20,27-33,36-37H2,2H3/t41-,44+,49-,50+,51+,53+/m0/s1. The first-order valence-corrected chi connectivity index (χ1v) is 23.1. The van der Waals surface area contributed by atoms with E-state index in [1.807, 2.05) is 72.8 Å². The lowest BCUT2D eigenvalue weighted by atomic mass is 9.55. The third-order valence-electron chi connectivity index (χ3n) is 12.7. The highest BCUT2D eigenvalue weighted by Gasteiger charge is 2.65. The molecule has 1 saturated carbocycles. The van der Waals surface area contributed by atoms with Crippen LogP contribution in [0, 0.1) is 17.8 Å². The average Bonchev–Trinajstić information content (AvgIpc) is 3.33. The maximum atomic E-state index is 14.3. The van der Waals surface area contributed by atoms with Crippen LogP contribution in [0.4, 0.5) is 4.79 Å². The normalized spacial score (nSPS) is 22.5. The van der Waals surface area contributed by atoms with Gasteiger partial charge >= 0.3 is 6.09 Å². The maximum absolute atomic E-state index is 14.3. The van der Waals surface area contributed by atoms with Crippen LogP contribution >= 0.6 is 0 Å². The molecule has 6 atom stereocenters. The summed E-state index contributed by atoms with van der Waals surface area (Å²) in [4.78, 5) is 22.1. The van der Waals surface area contributed by atoms with Crippen molar-refractivity contribution in [2.45, 2.75) is 76.2 Å². The minimum absolute atomic E-state index is 0.0259. The van der Waals surface area contributed by atoms with Gasteiger partial charge in [0.2, 0.25) is 5.79 Å². The van der Waals surface area contributed by atoms with E-state index >= 15 is 0 Å². The Hall–Kier alpha value is -5.50. The molecule has 12 nitrogen and oxygen atoms in total. The number of ether oxygens (including phenoxy) is 5. The lowest BCUT2D eigenvalue weighted by Crippen LogP contribution is -2.70. The zero-order valence-electron chi connectivity index (χ0n) is 37.5. The van der Waals surface area contributed by atoms with Crippen molar-refractivity contribution >= 4 is 11.8 Å². The van der Waals surface area contributed by atoms with Crippen LogP contribution in [0.3, 0.4) is 0 Å². The van der Waals surface area contributed by atoms with Gasteiger partial charge in [-0.2, -0.15) is 0 Å². The third-order valence-corrected chi connectivity index (χ3v) is 12.7. The highest BCUT2D eigenvalue weighted by Crippen LogP contribution is 2.62. The van der Waals surface area contributed by atoms with E-state index in [4.69, 9.17) is 33.7 Å². The van der Waals surface area contributed by atoms with Gasteiger partial charge in [0, 0.05) is 37.7 Å². The number of aliphatic hydroxyl groups is 3. The highest BCUT2D eigenvalue weighted by atomic mass is 16.7. The van der Waals surface area contributed by atoms with Crippen LogP contribution in [0.5, 0.6) is 17.2 Å². The molecule has 0 aromatic heterocycles. The molecule has 1 aliphatic heterocycles. The molecular weight excluding hydrogens is 825 g/mol. The fourth-order valence-corrected chi connectivity index (χ4v) is 9.86. The number of fused-ring (bicyclic) bond motifs is 2. The fourth-order valence-electron chi connectivity index (χ4n) is 9.86. The van der Waals surface area contributed by atoms with Crippen molar-refractivity contribution in [3.8, 4) is 28.4 Å². The second-order valence-electron chi connectivity index (χ2n) is 16.8. The Balaban J connectivity index is 1.39. The van der Waals surface area contributed by atoms with Crippen LogP contribution in [0.25, 0.3) is 11.1 Å². The van der Waals surface area contributed by atoms with E-state index in [-0.39, 0.29) is 83.6 Å². The fraction of sp³-hybridized carbons (Fsp3) is 0.434. The van der Waals surface area contributed by atoms with Gasteiger partial charge in [0.15, 0.2) is 0 Å². The Kier molecular flexibility index (Phi) is 17.2. The molecule has 346 valence electrons. The molecule has 3 aliphatic rings. The van der Waals surface area contributed by atoms with Gasteiger partial charge in [-0.05, 0) is 97.0 Å². The number of oxime groups is 1. The first kappa shape index (κ1) is 47.5. The SMILES string of the molecule is C=CCO[C@@]12Oc3ccc(Oc4ccc(-c5ccccc5)cc4)cc3[C@H]3[C@H](CCCCO)[C@@H](CCCCO)C=C(C(=NOCc4ccccc4)C[C@@H]1N(CCOCCO)C(=O)OCC)[C@H]32. The number of hydrogen-bond donors (Lipinski definition) is 3. The topological polar surface area (TPSA) is 149 Å². The summed E-state index contributed by atoms with van der Waals surface area (Å²) in [5.74, 6) is -0.221. The van der Waals surface area contributed by atoms with Gasteiger partial charge in [-0.15, -0.1) is 6.58 Å². The smallest absolute Gasteiger partial charge is 0.410 e. The molecule has 1 heterocycles. The van der Waals surface area contributed by atoms with Crippen LogP contribution in [-0.4, -0.2) is 96.6 Å². The first-order valence-electron chi connectivity index (χ1n) is 23.1.